The third-order valence-corrected chi connectivity index (χ3v) is 5.51. The fourth-order valence-electron chi connectivity index (χ4n) is 3.70. The maximum Gasteiger partial charge on any atom is 0.260 e. The lowest BCUT2D eigenvalue weighted by Crippen LogP contribution is -2.40. The number of aromatic nitrogens is 1. The largest absolute Gasteiger partial charge is 0.484 e. The van der Waals surface area contributed by atoms with Crippen LogP contribution < -0.4 is 4.74 Å². The van der Waals surface area contributed by atoms with Crippen molar-refractivity contribution in [1.82, 2.24) is 9.88 Å². The molecular weight excluding hydrogens is 360 g/mol. The van der Waals surface area contributed by atoms with Crippen molar-refractivity contribution < 1.29 is 9.53 Å². The molecule has 0 radical (unpaired) electrons. The first-order valence-corrected chi connectivity index (χ1v) is 9.72. The van der Waals surface area contributed by atoms with E-state index in [9.17, 15) is 4.79 Å². The Hall–Kier alpha value is -2.46. The normalized spacial score (nSPS) is 15.3. The summed E-state index contributed by atoms with van der Waals surface area (Å²) in [5, 5.41) is 1.92. The van der Waals surface area contributed by atoms with Crippen LogP contribution in [0.25, 0.3) is 10.9 Å². The van der Waals surface area contributed by atoms with Crippen LogP contribution in [-0.2, 0) is 4.79 Å². The second-order valence-electron chi connectivity index (χ2n) is 7.21. The van der Waals surface area contributed by atoms with Crippen LogP contribution in [0, 0.1) is 6.92 Å². The number of likely N-dealkylation sites (tertiary alicyclic amines) is 1. The van der Waals surface area contributed by atoms with Crippen LogP contribution in [-0.4, -0.2) is 35.5 Å². The van der Waals surface area contributed by atoms with Gasteiger partial charge in [-0.25, -0.2) is 0 Å². The number of benzene rings is 2. The van der Waals surface area contributed by atoms with Crippen molar-refractivity contribution in [3.63, 3.8) is 0 Å². The predicted octanol–water partition coefficient (Wildman–Crippen LogP) is 4.91. The van der Waals surface area contributed by atoms with Gasteiger partial charge in [-0.05, 0) is 67.6 Å². The number of aromatic amines is 1. The Morgan fingerprint density at radius 2 is 1.89 bits per heavy atom. The number of carbonyl (C=O) groups is 1. The Kier molecular flexibility index (Phi) is 5.08. The van der Waals surface area contributed by atoms with E-state index in [0.717, 1.165) is 25.9 Å². The van der Waals surface area contributed by atoms with Crippen molar-refractivity contribution in [3.8, 4) is 5.75 Å². The van der Waals surface area contributed by atoms with E-state index < -0.39 is 0 Å². The number of nitrogens with one attached hydrogen (secondary N) is 1. The second kappa shape index (κ2) is 7.65. The van der Waals surface area contributed by atoms with Crippen LogP contribution >= 0.6 is 11.6 Å². The van der Waals surface area contributed by atoms with Gasteiger partial charge in [0.2, 0.25) is 0 Å². The Balaban J connectivity index is 1.32. The van der Waals surface area contributed by atoms with Crippen LogP contribution in [0.5, 0.6) is 5.75 Å². The fraction of sp³-hybridized carbons (Fsp3) is 0.318. The first-order chi connectivity index (χ1) is 13.1. The van der Waals surface area contributed by atoms with E-state index in [1.807, 2.05) is 4.90 Å². The van der Waals surface area contributed by atoms with Crippen molar-refractivity contribution in [2.45, 2.75) is 25.7 Å². The lowest BCUT2D eigenvalue weighted by Gasteiger charge is -2.31. The van der Waals surface area contributed by atoms with Crippen LogP contribution in [0.15, 0.2) is 48.5 Å². The smallest absolute Gasteiger partial charge is 0.260 e. The summed E-state index contributed by atoms with van der Waals surface area (Å²) < 4.78 is 5.58. The van der Waals surface area contributed by atoms with E-state index in [0.29, 0.717) is 16.7 Å². The third-order valence-electron chi connectivity index (χ3n) is 5.26. The summed E-state index contributed by atoms with van der Waals surface area (Å²) in [4.78, 5) is 17.9. The number of H-pyrrole nitrogens is 1. The number of hydrogen-bond acceptors (Lipinski definition) is 2. The van der Waals surface area contributed by atoms with E-state index in [2.05, 4.69) is 36.2 Å². The molecule has 140 valence electrons. The van der Waals surface area contributed by atoms with E-state index in [1.54, 1.807) is 24.3 Å². The molecule has 0 bridgehead atoms. The second-order valence-corrected chi connectivity index (χ2v) is 7.65. The Morgan fingerprint density at radius 3 is 2.63 bits per heavy atom. The van der Waals surface area contributed by atoms with E-state index in [4.69, 9.17) is 16.3 Å². The van der Waals surface area contributed by atoms with Crippen LogP contribution in [0.1, 0.15) is 30.0 Å². The number of hydrogen-bond donors (Lipinski definition) is 1. The van der Waals surface area contributed by atoms with Crippen LogP contribution in [0.2, 0.25) is 5.02 Å². The first-order valence-electron chi connectivity index (χ1n) is 9.34. The summed E-state index contributed by atoms with van der Waals surface area (Å²) in [6, 6.07) is 15.8. The van der Waals surface area contributed by atoms with Crippen molar-refractivity contribution in [2.75, 3.05) is 19.7 Å². The molecule has 2 heterocycles. The molecule has 3 aromatic rings. The minimum Gasteiger partial charge on any atom is -0.484 e. The zero-order valence-electron chi connectivity index (χ0n) is 15.4. The lowest BCUT2D eigenvalue weighted by molar-refractivity contribution is -0.134. The molecule has 4 rings (SSSR count). The molecule has 1 N–H and O–H groups in total. The number of fused-ring (bicyclic) bond motifs is 1. The third kappa shape index (κ3) is 4.11. The topological polar surface area (TPSA) is 45.3 Å². The maximum atomic E-state index is 12.4. The summed E-state index contributed by atoms with van der Waals surface area (Å²) in [5.74, 6) is 1.17. The average Bonchev–Trinajstić information content (AvgIpc) is 3.10. The van der Waals surface area contributed by atoms with Gasteiger partial charge in [-0.15, -0.1) is 0 Å². The van der Waals surface area contributed by atoms with E-state index in [-0.39, 0.29) is 12.5 Å². The van der Waals surface area contributed by atoms with Gasteiger partial charge in [0.1, 0.15) is 5.75 Å². The molecule has 1 amide bonds. The molecule has 0 unspecified atom stereocenters. The van der Waals surface area contributed by atoms with Crippen LogP contribution in [0.3, 0.4) is 0 Å². The summed E-state index contributed by atoms with van der Waals surface area (Å²) in [5.41, 5.74) is 3.74. The molecule has 1 aliphatic rings. The Morgan fingerprint density at radius 1 is 1.15 bits per heavy atom. The molecule has 1 saturated heterocycles. The molecule has 2 aromatic carbocycles. The molecule has 1 fully saturated rings. The molecule has 0 aliphatic carbocycles. The maximum absolute atomic E-state index is 12.4. The molecule has 1 aliphatic heterocycles. The monoisotopic (exact) mass is 382 g/mol. The minimum absolute atomic E-state index is 0.0377. The number of nitrogens with zero attached hydrogens (tertiary/aromatic N) is 1. The van der Waals surface area contributed by atoms with Crippen molar-refractivity contribution in [3.05, 3.63) is 64.8 Å². The molecule has 4 nitrogen and oxygen atoms in total. The van der Waals surface area contributed by atoms with Gasteiger partial charge in [0.25, 0.3) is 5.91 Å². The highest BCUT2D eigenvalue weighted by Crippen LogP contribution is 2.30. The average molecular weight is 383 g/mol. The van der Waals surface area contributed by atoms with Gasteiger partial charge in [0, 0.05) is 35.2 Å². The highest BCUT2D eigenvalue weighted by atomic mass is 35.5. The predicted molar refractivity (Wildman–Crippen MR) is 109 cm³/mol. The fourth-order valence-corrected chi connectivity index (χ4v) is 3.83. The van der Waals surface area contributed by atoms with Gasteiger partial charge in [-0.1, -0.05) is 23.2 Å². The Bertz CT molecular complexity index is 941. The summed E-state index contributed by atoms with van der Waals surface area (Å²) in [6.45, 7) is 3.71. The highest BCUT2D eigenvalue weighted by Gasteiger charge is 2.25. The molecule has 1 aromatic heterocycles. The highest BCUT2D eigenvalue weighted by molar-refractivity contribution is 6.30. The number of halogens is 1. The lowest BCUT2D eigenvalue weighted by atomic mass is 9.93. The number of carbonyl (C=O) groups excluding carboxylic acids is 1. The van der Waals surface area contributed by atoms with Crippen molar-refractivity contribution >= 4 is 28.4 Å². The van der Waals surface area contributed by atoms with Crippen LogP contribution in [0.4, 0.5) is 0 Å². The van der Waals surface area contributed by atoms with Crippen molar-refractivity contribution in [2.24, 2.45) is 0 Å². The van der Waals surface area contributed by atoms with E-state index in [1.165, 1.54) is 22.2 Å². The van der Waals surface area contributed by atoms with Gasteiger partial charge in [0.15, 0.2) is 6.61 Å². The number of ether oxygens (including phenoxy) is 1. The van der Waals surface area contributed by atoms with Crippen molar-refractivity contribution in [1.29, 1.82) is 0 Å². The SMILES string of the molecule is Cc1ccc2[nH]c(C3CCN(C(=O)COc4ccc(Cl)cc4)CC3)cc2c1. The molecular formula is C22H23ClN2O2. The Labute approximate surface area is 164 Å². The zero-order valence-corrected chi connectivity index (χ0v) is 16.1. The summed E-state index contributed by atoms with van der Waals surface area (Å²) in [7, 11) is 0. The van der Waals surface area contributed by atoms with Gasteiger partial charge < -0.3 is 14.6 Å². The van der Waals surface area contributed by atoms with Gasteiger partial charge in [-0.3, -0.25) is 4.79 Å². The standard InChI is InChI=1S/C22H23ClN2O2/c1-15-2-7-20-17(12-15)13-21(24-20)16-8-10-25(11-9-16)22(26)14-27-19-5-3-18(23)4-6-19/h2-7,12-13,16,24H,8-11,14H2,1H3. The van der Waals surface area contributed by atoms with Gasteiger partial charge in [-0.2, -0.15) is 0 Å². The van der Waals surface area contributed by atoms with Gasteiger partial charge in [0.05, 0.1) is 0 Å². The van der Waals surface area contributed by atoms with E-state index >= 15 is 0 Å². The van der Waals surface area contributed by atoms with Gasteiger partial charge >= 0.3 is 0 Å². The molecule has 0 atom stereocenters. The number of piperidine rings is 1. The minimum atomic E-state index is 0.0377. The number of amides is 1. The number of rotatable bonds is 4. The molecule has 27 heavy (non-hydrogen) atoms. The zero-order chi connectivity index (χ0) is 18.8. The number of aryl methyl sites for hydroxylation is 1. The summed E-state index contributed by atoms with van der Waals surface area (Å²) in [6.07, 6.45) is 1.94. The molecule has 0 spiro atoms. The summed E-state index contributed by atoms with van der Waals surface area (Å²) >= 11 is 5.86. The quantitative estimate of drug-likeness (QED) is 0.696. The molecule has 5 heteroatoms. The molecule has 0 saturated carbocycles. The first kappa shape index (κ1) is 17.9.